The van der Waals surface area contributed by atoms with Gasteiger partial charge in [-0.15, -0.1) is 11.3 Å². The molecule has 0 amide bonds. The van der Waals surface area contributed by atoms with Crippen LogP contribution in [0.5, 0.6) is 0 Å². The van der Waals surface area contributed by atoms with Crippen LogP contribution in [0.4, 0.5) is 11.4 Å². The average Bonchev–Trinajstić information content (AvgIpc) is 3.30. The first kappa shape index (κ1) is 25.1. The van der Waals surface area contributed by atoms with Crippen LogP contribution in [0.1, 0.15) is 0 Å². The zero-order valence-corrected chi connectivity index (χ0v) is 26.0. The number of thiazole rings is 1. The number of aromatic amines is 1. The lowest BCUT2D eigenvalue weighted by Gasteiger charge is -2.10. The Morgan fingerprint density at radius 3 is 2.46 bits per heavy atom. The molecule has 5 nitrogen and oxygen atoms in total. The summed E-state index contributed by atoms with van der Waals surface area (Å²) in [5.41, 5.74) is 6.85. The number of anilines is 2. The summed E-state index contributed by atoms with van der Waals surface area (Å²) >= 11 is 13.1. The second-order valence-corrected chi connectivity index (χ2v) is 12.4. The standard InChI is InChI=1S/C16H9BrIN3S.C9H5BrINO/c17-11-7-14-10(6-12(11)18)13(3-4-19-14)21-9-1-2-16-15(5-9)20-8-22-16;10-6-4-8-5(3-7(6)11)9(13)1-2-12-8/h1-8H,(H,19,21);1-4H,(H,12,13). The summed E-state index contributed by atoms with van der Waals surface area (Å²) in [4.78, 5) is 23.2. The second kappa shape index (κ2) is 10.8. The van der Waals surface area contributed by atoms with Crippen LogP contribution < -0.4 is 10.7 Å². The van der Waals surface area contributed by atoms with Crippen molar-refractivity contribution in [1.82, 2.24) is 15.0 Å². The third-order valence-electron chi connectivity index (χ3n) is 5.19. The van der Waals surface area contributed by atoms with E-state index in [9.17, 15) is 4.79 Å². The van der Waals surface area contributed by atoms with Gasteiger partial charge in [0.05, 0.1) is 26.8 Å². The maximum atomic E-state index is 11.4. The average molecular weight is 832 g/mol. The molecule has 3 aromatic carbocycles. The summed E-state index contributed by atoms with van der Waals surface area (Å²) in [5.74, 6) is 0. The summed E-state index contributed by atoms with van der Waals surface area (Å²) in [6, 6.07) is 17.8. The number of fused-ring (bicyclic) bond motifs is 3. The van der Waals surface area contributed by atoms with Crippen molar-refractivity contribution in [3.63, 3.8) is 0 Å². The number of pyridine rings is 2. The van der Waals surface area contributed by atoms with Gasteiger partial charge in [-0.25, -0.2) is 4.98 Å². The third kappa shape index (κ3) is 5.55. The van der Waals surface area contributed by atoms with E-state index in [2.05, 4.69) is 122 Å². The smallest absolute Gasteiger partial charge is 0.189 e. The molecule has 0 aliphatic heterocycles. The lowest BCUT2D eigenvalue weighted by Crippen LogP contribution is -2.00. The first-order chi connectivity index (χ1) is 16.9. The van der Waals surface area contributed by atoms with Crippen LogP contribution >= 0.6 is 88.4 Å². The predicted molar refractivity (Wildman–Crippen MR) is 170 cm³/mol. The van der Waals surface area contributed by atoms with E-state index in [1.165, 1.54) is 10.8 Å². The molecule has 10 heteroatoms. The first-order valence-electron chi connectivity index (χ1n) is 10.2. The maximum absolute atomic E-state index is 11.4. The minimum absolute atomic E-state index is 0.0548. The zero-order valence-electron chi connectivity index (χ0n) is 17.7. The van der Waals surface area contributed by atoms with E-state index in [0.29, 0.717) is 0 Å². The van der Waals surface area contributed by atoms with E-state index in [4.69, 9.17) is 0 Å². The van der Waals surface area contributed by atoms with Crippen LogP contribution in [0.15, 0.2) is 86.2 Å². The second-order valence-electron chi connectivity index (χ2n) is 7.46. The van der Waals surface area contributed by atoms with Gasteiger partial charge in [0.15, 0.2) is 5.43 Å². The van der Waals surface area contributed by atoms with Gasteiger partial charge >= 0.3 is 0 Å². The number of rotatable bonds is 2. The SMILES string of the molecule is Brc1cc2nccc(Nc3ccc4scnc4c3)c2cc1I.O=c1cc[nH]c2cc(Br)c(I)cc12. The Bertz CT molecular complexity index is 1770. The van der Waals surface area contributed by atoms with Gasteiger partial charge in [-0.05, 0) is 126 Å². The molecular formula is C25H14Br2I2N4OS. The molecular weight excluding hydrogens is 818 g/mol. The fourth-order valence-electron chi connectivity index (χ4n) is 3.51. The topological polar surface area (TPSA) is 70.7 Å². The maximum Gasteiger partial charge on any atom is 0.189 e. The molecule has 0 aliphatic carbocycles. The molecule has 3 aromatic heterocycles. The number of nitrogens with one attached hydrogen (secondary N) is 2. The van der Waals surface area contributed by atoms with Crippen molar-refractivity contribution < 1.29 is 0 Å². The molecule has 0 aliphatic rings. The number of aromatic nitrogens is 3. The van der Waals surface area contributed by atoms with Crippen molar-refractivity contribution in [1.29, 1.82) is 0 Å². The van der Waals surface area contributed by atoms with E-state index in [1.54, 1.807) is 17.5 Å². The number of hydrogen-bond donors (Lipinski definition) is 2. The highest BCUT2D eigenvalue weighted by Crippen LogP contribution is 2.31. The van der Waals surface area contributed by atoms with Crippen molar-refractivity contribution in [3.8, 4) is 0 Å². The fourth-order valence-corrected chi connectivity index (χ4v) is 5.78. The summed E-state index contributed by atoms with van der Waals surface area (Å²) in [5, 5.41) is 5.32. The van der Waals surface area contributed by atoms with Crippen LogP contribution in [-0.4, -0.2) is 15.0 Å². The van der Waals surface area contributed by atoms with Crippen LogP contribution in [0.2, 0.25) is 0 Å². The zero-order chi connectivity index (χ0) is 24.5. The summed E-state index contributed by atoms with van der Waals surface area (Å²) in [6.45, 7) is 0. The number of nitrogens with zero attached hydrogens (tertiary/aromatic N) is 2. The molecule has 0 spiro atoms. The van der Waals surface area contributed by atoms with Gasteiger partial charge in [-0.3, -0.25) is 9.78 Å². The van der Waals surface area contributed by atoms with Crippen LogP contribution in [0.3, 0.4) is 0 Å². The molecule has 174 valence electrons. The Morgan fingerprint density at radius 1 is 0.857 bits per heavy atom. The van der Waals surface area contributed by atoms with Gasteiger partial charge in [-0.1, -0.05) is 0 Å². The van der Waals surface area contributed by atoms with Crippen LogP contribution in [-0.2, 0) is 0 Å². The predicted octanol–water partition coefficient (Wildman–Crippen LogP) is 8.85. The van der Waals surface area contributed by atoms with Crippen LogP contribution in [0.25, 0.3) is 32.0 Å². The molecule has 6 rings (SSSR count). The lowest BCUT2D eigenvalue weighted by atomic mass is 10.2. The molecule has 0 unspecified atom stereocenters. The molecule has 0 saturated carbocycles. The van der Waals surface area contributed by atoms with Crippen LogP contribution in [0, 0.1) is 7.14 Å². The van der Waals surface area contributed by atoms with Crippen molar-refractivity contribution in [2.75, 3.05) is 5.32 Å². The summed E-state index contributed by atoms with van der Waals surface area (Å²) in [6.07, 6.45) is 3.48. The lowest BCUT2D eigenvalue weighted by molar-refractivity contribution is 1.38. The molecule has 0 atom stereocenters. The minimum Gasteiger partial charge on any atom is -0.361 e. The Morgan fingerprint density at radius 2 is 1.63 bits per heavy atom. The van der Waals surface area contributed by atoms with E-state index in [0.717, 1.165) is 54.8 Å². The minimum atomic E-state index is 0.0548. The molecule has 3 heterocycles. The fraction of sp³-hybridized carbons (Fsp3) is 0. The highest BCUT2D eigenvalue weighted by Gasteiger charge is 2.07. The summed E-state index contributed by atoms with van der Waals surface area (Å²) < 4.78 is 5.47. The largest absolute Gasteiger partial charge is 0.361 e. The van der Waals surface area contributed by atoms with Gasteiger partial charge in [0.2, 0.25) is 0 Å². The van der Waals surface area contributed by atoms with Crippen molar-refractivity contribution >= 4 is 132 Å². The third-order valence-corrected chi connectivity index (χ3v) is 10.6. The number of hydrogen-bond acceptors (Lipinski definition) is 5. The van der Waals surface area contributed by atoms with Gasteiger partial charge in [-0.2, -0.15) is 0 Å². The number of H-pyrrole nitrogens is 1. The molecule has 0 bridgehead atoms. The van der Waals surface area contributed by atoms with E-state index in [1.807, 2.05) is 36.0 Å². The first-order valence-corrected chi connectivity index (χ1v) is 14.8. The number of benzene rings is 3. The van der Waals surface area contributed by atoms with Gasteiger partial charge in [0.1, 0.15) is 0 Å². The monoisotopic (exact) mass is 830 g/mol. The van der Waals surface area contributed by atoms with Crippen molar-refractivity contribution in [2.24, 2.45) is 0 Å². The van der Waals surface area contributed by atoms with Gasteiger partial charge < -0.3 is 10.3 Å². The Hall–Kier alpha value is -1.61. The Kier molecular flexibility index (Phi) is 7.72. The van der Waals surface area contributed by atoms with Gasteiger partial charge in [0.25, 0.3) is 0 Å². The van der Waals surface area contributed by atoms with E-state index >= 15 is 0 Å². The molecule has 2 N–H and O–H groups in total. The highest BCUT2D eigenvalue weighted by atomic mass is 127. The summed E-state index contributed by atoms with van der Waals surface area (Å²) in [7, 11) is 0. The normalized spacial score (nSPS) is 11.0. The van der Waals surface area contributed by atoms with Crippen molar-refractivity contribution in [2.45, 2.75) is 0 Å². The van der Waals surface area contributed by atoms with E-state index < -0.39 is 0 Å². The number of halogens is 4. The Labute approximate surface area is 248 Å². The molecule has 0 saturated heterocycles. The van der Waals surface area contributed by atoms with Crippen molar-refractivity contribution in [3.05, 3.63) is 98.8 Å². The van der Waals surface area contributed by atoms with Gasteiger partial charge in [0, 0.05) is 56.7 Å². The molecule has 0 fully saturated rings. The van der Waals surface area contributed by atoms with E-state index in [-0.39, 0.29) is 5.43 Å². The molecule has 35 heavy (non-hydrogen) atoms. The molecule has 6 aromatic rings. The highest BCUT2D eigenvalue weighted by molar-refractivity contribution is 14.1. The Balaban J connectivity index is 0.000000166. The molecule has 0 radical (unpaired) electrons. The quantitative estimate of drug-likeness (QED) is 0.171.